The third-order valence-corrected chi connectivity index (χ3v) is 1.91. The van der Waals surface area contributed by atoms with Gasteiger partial charge in [-0.3, -0.25) is 9.78 Å². The molecule has 1 atom stereocenters. The second-order valence-corrected chi connectivity index (χ2v) is 4.70. The standard InChI is InChI=1S/C12H18N2O2/c1-12(2,3)16-11(15)10(13)8-9-4-6-14-7-5-9/h4-7,10H,8,13H2,1-3H3/t10-/m0/s1. The zero-order valence-corrected chi connectivity index (χ0v) is 9.93. The SMILES string of the molecule is CC(C)(C)OC(=O)[C@@H](N)Cc1ccncc1. The van der Waals surface area contributed by atoms with Gasteiger partial charge in [-0.1, -0.05) is 0 Å². The van der Waals surface area contributed by atoms with Crippen molar-refractivity contribution in [3.05, 3.63) is 30.1 Å². The molecule has 1 aromatic rings. The first-order valence-corrected chi connectivity index (χ1v) is 5.26. The fourth-order valence-corrected chi connectivity index (χ4v) is 1.23. The third kappa shape index (κ3) is 4.40. The molecule has 0 spiro atoms. The van der Waals surface area contributed by atoms with E-state index >= 15 is 0 Å². The van der Waals surface area contributed by atoms with E-state index in [0.29, 0.717) is 6.42 Å². The quantitative estimate of drug-likeness (QED) is 0.783. The molecular formula is C12H18N2O2. The number of carbonyl (C=O) groups is 1. The van der Waals surface area contributed by atoms with E-state index in [9.17, 15) is 4.79 Å². The van der Waals surface area contributed by atoms with E-state index < -0.39 is 11.6 Å². The van der Waals surface area contributed by atoms with Crippen LogP contribution in [0.1, 0.15) is 26.3 Å². The molecule has 0 bridgehead atoms. The number of esters is 1. The summed E-state index contributed by atoms with van der Waals surface area (Å²) < 4.78 is 5.19. The zero-order chi connectivity index (χ0) is 12.2. The summed E-state index contributed by atoms with van der Waals surface area (Å²) in [6.07, 6.45) is 3.83. The molecule has 0 aliphatic rings. The van der Waals surface area contributed by atoms with Crippen LogP contribution in [0.3, 0.4) is 0 Å². The predicted molar refractivity (Wildman–Crippen MR) is 61.8 cm³/mol. The highest BCUT2D eigenvalue weighted by Crippen LogP contribution is 2.09. The summed E-state index contributed by atoms with van der Waals surface area (Å²) >= 11 is 0. The second-order valence-electron chi connectivity index (χ2n) is 4.70. The van der Waals surface area contributed by atoms with Gasteiger partial charge in [-0.2, -0.15) is 0 Å². The summed E-state index contributed by atoms with van der Waals surface area (Å²) in [7, 11) is 0. The largest absolute Gasteiger partial charge is 0.459 e. The number of ether oxygens (including phenoxy) is 1. The van der Waals surface area contributed by atoms with Crippen LogP contribution in [0.4, 0.5) is 0 Å². The number of aromatic nitrogens is 1. The zero-order valence-electron chi connectivity index (χ0n) is 9.93. The predicted octanol–water partition coefficient (Wildman–Crippen LogP) is 1.29. The molecule has 88 valence electrons. The van der Waals surface area contributed by atoms with Crippen LogP contribution >= 0.6 is 0 Å². The number of rotatable bonds is 3. The van der Waals surface area contributed by atoms with Crippen LogP contribution in [0, 0.1) is 0 Å². The molecule has 0 radical (unpaired) electrons. The molecule has 2 N–H and O–H groups in total. The number of hydrogen-bond acceptors (Lipinski definition) is 4. The van der Waals surface area contributed by atoms with Crippen molar-refractivity contribution in [1.29, 1.82) is 0 Å². The number of nitrogens with zero attached hydrogens (tertiary/aromatic N) is 1. The van der Waals surface area contributed by atoms with Gasteiger partial charge in [-0.05, 0) is 44.9 Å². The van der Waals surface area contributed by atoms with Crippen molar-refractivity contribution < 1.29 is 9.53 Å². The van der Waals surface area contributed by atoms with Crippen LogP contribution in [0.15, 0.2) is 24.5 Å². The minimum atomic E-state index is -0.623. The van der Waals surface area contributed by atoms with Crippen LogP contribution in [0.5, 0.6) is 0 Å². The number of nitrogens with two attached hydrogens (primary N) is 1. The summed E-state index contributed by atoms with van der Waals surface area (Å²) in [5, 5.41) is 0. The van der Waals surface area contributed by atoms with Crippen LogP contribution in [0.25, 0.3) is 0 Å². The van der Waals surface area contributed by atoms with Crippen LogP contribution in [0.2, 0.25) is 0 Å². The Kier molecular flexibility index (Phi) is 4.01. The lowest BCUT2D eigenvalue weighted by atomic mass is 10.1. The van der Waals surface area contributed by atoms with E-state index in [0.717, 1.165) is 5.56 Å². The van der Waals surface area contributed by atoms with E-state index in [-0.39, 0.29) is 5.97 Å². The highest BCUT2D eigenvalue weighted by molar-refractivity contribution is 5.76. The van der Waals surface area contributed by atoms with Gasteiger partial charge in [0.2, 0.25) is 0 Å². The lowest BCUT2D eigenvalue weighted by molar-refractivity contribution is -0.156. The molecule has 0 aliphatic carbocycles. The number of hydrogen-bond donors (Lipinski definition) is 1. The van der Waals surface area contributed by atoms with Gasteiger partial charge in [0.25, 0.3) is 0 Å². The van der Waals surface area contributed by atoms with Crippen molar-refractivity contribution in [2.75, 3.05) is 0 Å². The summed E-state index contributed by atoms with van der Waals surface area (Å²) in [5.74, 6) is -0.371. The minimum absolute atomic E-state index is 0.371. The maximum atomic E-state index is 11.6. The molecule has 0 amide bonds. The summed E-state index contributed by atoms with van der Waals surface area (Å²) in [5.41, 5.74) is 6.25. The first-order valence-electron chi connectivity index (χ1n) is 5.26. The molecule has 16 heavy (non-hydrogen) atoms. The van der Waals surface area contributed by atoms with Crippen LogP contribution in [-0.4, -0.2) is 22.6 Å². The normalized spacial score (nSPS) is 13.2. The van der Waals surface area contributed by atoms with Gasteiger partial charge in [-0.15, -0.1) is 0 Å². The Bertz CT molecular complexity index is 344. The Morgan fingerprint density at radius 1 is 1.44 bits per heavy atom. The van der Waals surface area contributed by atoms with E-state index in [2.05, 4.69) is 4.98 Å². The number of pyridine rings is 1. The molecule has 1 aromatic heterocycles. The van der Waals surface area contributed by atoms with E-state index in [1.54, 1.807) is 12.4 Å². The molecule has 0 aliphatic heterocycles. The number of carbonyl (C=O) groups excluding carboxylic acids is 1. The maximum Gasteiger partial charge on any atom is 0.323 e. The molecule has 4 nitrogen and oxygen atoms in total. The monoisotopic (exact) mass is 222 g/mol. The van der Waals surface area contributed by atoms with Gasteiger partial charge >= 0.3 is 5.97 Å². The molecular weight excluding hydrogens is 204 g/mol. The lowest BCUT2D eigenvalue weighted by Gasteiger charge is -2.22. The summed E-state index contributed by atoms with van der Waals surface area (Å²) in [6.45, 7) is 5.47. The van der Waals surface area contributed by atoms with Gasteiger partial charge in [0.05, 0.1) is 0 Å². The summed E-state index contributed by atoms with van der Waals surface area (Å²) in [6, 6.07) is 3.05. The lowest BCUT2D eigenvalue weighted by Crippen LogP contribution is -2.38. The molecule has 4 heteroatoms. The molecule has 0 fully saturated rings. The highest BCUT2D eigenvalue weighted by atomic mass is 16.6. The van der Waals surface area contributed by atoms with Crippen LogP contribution in [-0.2, 0) is 16.0 Å². The average molecular weight is 222 g/mol. The fraction of sp³-hybridized carbons (Fsp3) is 0.500. The minimum Gasteiger partial charge on any atom is -0.459 e. The second kappa shape index (κ2) is 5.07. The molecule has 1 heterocycles. The Hall–Kier alpha value is -1.42. The van der Waals surface area contributed by atoms with Crippen molar-refractivity contribution in [1.82, 2.24) is 4.98 Å². The van der Waals surface area contributed by atoms with Crippen LogP contribution < -0.4 is 5.73 Å². The van der Waals surface area contributed by atoms with Gasteiger partial charge in [-0.25, -0.2) is 0 Å². The molecule has 1 rings (SSSR count). The first-order chi connectivity index (χ1) is 7.38. The third-order valence-electron chi connectivity index (χ3n) is 1.91. The van der Waals surface area contributed by atoms with Crippen molar-refractivity contribution in [3.8, 4) is 0 Å². The van der Waals surface area contributed by atoms with Gasteiger partial charge < -0.3 is 10.5 Å². The molecule has 0 saturated carbocycles. The molecule has 0 aromatic carbocycles. The van der Waals surface area contributed by atoms with Gasteiger partial charge in [0.15, 0.2) is 0 Å². The van der Waals surface area contributed by atoms with Crippen molar-refractivity contribution in [2.24, 2.45) is 5.73 Å². The topological polar surface area (TPSA) is 65.2 Å². The fourth-order valence-electron chi connectivity index (χ4n) is 1.23. The van der Waals surface area contributed by atoms with E-state index in [1.165, 1.54) is 0 Å². The van der Waals surface area contributed by atoms with Crippen molar-refractivity contribution in [2.45, 2.75) is 38.8 Å². The molecule has 0 unspecified atom stereocenters. The highest BCUT2D eigenvalue weighted by Gasteiger charge is 2.22. The summed E-state index contributed by atoms with van der Waals surface area (Å²) in [4.78, 5) is 15.5. The first kappa shape index (κ1) is 12.6. The Labute approximate surface area is 95.8 Å². The van der Waals surface area contributed by atoms with E-state index in [1.807, 2.05) is 32.9 Å². The van der Waals surface area contributed by atoms with Gasteiger partial charge in [0, 0.05) is 12.4 Å². The Morgan fingerprint density at radius 3 is 2.50 bits per heavy atom. The maximum absolute atomic E-state index is 11.6. The van der Waals surface area contributed by atoms with E-state index in [4.69, 9.17) is 10.5 Å². The molecule has 0 saturated heterocycles. The smallest absolute Gasteiger partial charge is 0.323 e. The van der Waals surface area contributed by atoms with Crippen molar-refractivity contribution >= 4 is 5.97 Å². The van der Waals surface area contributed by atoms with Crippen molar-refractivity contribution in [3.63, 3.8) is 0 Å². The Morgan fingerprint density at radius 2 is 2.00 bits per heavy atom. The average Bonchev–Trinajstić information content (AvgIpc) is 2.16. The van der Waals surface area contributed by atoms with Gasteiger partial charge in [0.1, 0.15) is 11.6 Å². The Balaban J connectivity index is 2.53.